The molecule has 2 aromatic heterocycles. The van der Waals surface area contributed by atoms with E-state index < -0.39 is 5.63 Å². The number of aryl methyl sites for hydroxylation is 2. The zero-order valence-electron chi connectivity index (χ0n) is 12.1. The Balaban J connectivity index is 2.48. The molecule has 1 N–H and O–H groups in total. The maximum absolute atomic E-state index is 12.2. The summed E-state index contributed by atoms with van der Waals surface area (Å²) in [6, 6.07) is 4.96. The van der Waals surface area contributed by atoms with E-state index in [4.69, 9.17) is 9.15 Å². The van der Waals surface area contributed by atoms with Crippen LogP contribution >= 0.6 is 0 Å². The molecule has 0 bridgehead atoms. The molecule has 0 aliphatic rings. The number of esters is 1. The summed E-state index contributed by atoms with van der Waals surface area (Å²) in [5.41, 5.74) is 2.90. The van der Waals surface area contributed by atoms with E-state index in [0.717, 1.165) is 27.5 Å². The van der Waals surface area contributed by atoms with Gasteiger partial charge in [-0.3, -0.25) is 0 Å². The zero-order chi connectivity index (χ0) is 15.1. The van der Waals surface area contributed by atoms with Gasteiger partial charge in [-0.15, -0.1) is 0 Å². The number of hydrogen-bond acceptors (Lipinski definition) is 4. The van der Waals surface area contributed by atoms with Gasteiger partial charge in [-0.05, 0) is 38.5 Å². The molecule has 108 valence electrons. The maximum atomic E-state index is 12.2. The van der Waals surface area contributed by atoms with Crippen molar-refractivity contribution < 1.29 is 13.9 Å². The van der Waals surface area contributed by atoms with Crippen molar-refractivity contribution in [2.24, 2.45) is 0 Å². The van der Waals surface area contributed by atoms with Crippen LogP contribution in [0, 0.1) is 13.8 Å². The molecular formula is C16H15NO4. The third-order valence-electron chi connectivity index (χ3n) is 3.53. The van der Waals surface area contributed by atoms with E-state index in [1.165, 1.54) is 6.07 Å². The zero-order valence-corrected chi connectivity index (χ0v) is 12.1. The highest BCUT2D eigenvalue weighted by Crippen LogP contribution is 2.32. The van der Waals surface area contributed by atoms with Crippen LogP contribution in [0.2, 0.25) is 0 Å². The summed E-state index contributed by atoms with van der Waals surface area (Å²) in [5, 5.41) is 1.50. The first-order valence-corrected chi connectivity index (χ1v) is 6.75. The third kappa shape index (κ3) is 2.01. The van der Waals surface area contributed by atoms with Crippen LogP contribution in [0.4, 0.5) is 0 Å². The monoisotopic (exact) mass is 285 g/mol. The first-order chi connectivity index (χ1) is 10.0. The number of fused-ring (bicyclic) bond motifs is 3. The van der Waals surface area contributed by atoms with Crippen LogP contribution in [0.25, 0.3) is 21.9 Å². The minimum atomic E-state index is -0.399. The smallest absolute Gasteiger partial charge is 0.340 e. The highest BCUT2D eigenvalue weighted by molar-refractivity contribution is 6.16. The number of ether oxygens (including phenoxy) is 1. The highest BCUT2D eigenvalue weighted by Gasteiger charge is 2.20. The van der Waals surface area contributed by atoms with E-state index in [0.29, 0.717) is 17.8 Å². The van der Waals surface area contributed by atoms with Crippen molar-refractivity contribution >= 4 is 27.8 Å². The first kappa shape index (κ1) is 13.4. The molecule has 0 saturated carbocycles. The van der Waals surface area contributed by atoms with Crippen LogP contribution in [-0.4, -0.2) is 17.6 Å². The fraction of sp³-hybridized carbons (Fsp3) is 0.250. The Morgan fingerprint density at radius 3 is 2.76 bits per heavy atom. The summed E-state index contributed by atoms with van der Waals surface area (Å²) in [5.74, 6) is -0.376. The molecule has 3 aromatic rings. The average molecular weight is 285 g/mol. The molecule has 0 aliphatic heterocycles. The van der Waals surface area contributed by atoms with Crippen LogP contribution in [0.5, 0.6) is 0 Å². The summed E-state index contributed by atoms with van der Waals surface area (Å²) in [6.07, 6.45) is 0. The number of carbonyl (C=O) groups excluding carboxylic acids is 1. The lowest BCUT2D eigenvalue weighted by molar-refractivity contribution is 0.0528. The maximum Gasteiger partial charge on any atom is 0.340 e. The lowest BCUT2D eigenvalue weighted by Gasteiger charge is -2.05. The van der Waals surface area contributed by atoms with Gasteiger partial charge in [0.25, 0.3) is 0 Å². The minimum Gasteiger partial charge on any atom is -0.462 e. The number of H-pyrrole nitrogens is 1. The Morgan fingerprint density at radius 1 is 1.29 bits per heavy atom. The van der Waals surface area contributed by atoms with Crippen molar-refractivity contribution in [2.75, 3.05) is 6.61 Å². The summed E-state index contributed by atoms with van der Waals surface area (Å²) >= 11 is 0. The second kappa shape index (κ2) is 4.77. The van der Waals surface area contributed by atoms with E-state index in [1.54, 1.807) is 19.1 Å². The standard InChI is InChI=1S/C16H15NO4/c1-4-20-16(19)14-9(3)17-10-5-6-11-13(15(10)14)8(2)7-12(18)21-11/h5-7,17H,4H2,1-3H3. The Kier molecular flexibility index (Phi) is 3.05. The van der Waals surface area contributed by atoms with Crippen molar-refractivity contribution in [3.8, 4) is 0 Å². The predicted molar refractivity (Wildman–Crippen MR) is 79.8 cm³/mol. The largest absolute Gasteiger partial charge is 0.462 e. The Morgan fingerprint density at radius 2 is 2.05 bits per heavy atom. The molecule has 0 saturated heterocycles. The van der Waals surface area contributed by atoms with E-state index in [-0.39, 0.29) is 5.97 Å². The average Bonchev–Trinajstić information content (AvgIpc) is 2.74. The molecule has 0 amide bonds. The normalized spacial score (nSPS) is 11.2. The Labute approximate surface area is 120 Å². The van der Waals surface area contributed by atoms with Crippen LogP contribution in [-0.2, 0) is 4.74 Å². The Hall–Kier alpha value is -2.56. The van der Waals surface area contributed by atoms with Gasteiger partial charge < -0.3 is 14.1 Å². The molecule has 0 spiro atoms. The van der Waals surface area contributed by atoms with Gasteiger partial charge in [0.05, 0.1) is 12.2 Å². The van der Waals surface area contributed by atoms with Crippen molar-refractivity contribution in [1.29, 1.82) is 0 Å². The van der Waals surface area contributed by atoms with Gasteiger partial charge in [0.15, 0.2) is 0 Å². The number of nitrogens with one attached hydrogen (secondary N) is 1. The summed E-state index contributed by atoms with van der Waals surface area (Å²) < 4.78 is 10.4. The fourth-order valence-corrected chi connectivity index (χ4v) is 2.72. The van der Waals surface area contributed by atoms with E-state index in [2.05, 4.69) is 4.98 Å². The molecule has 0 aliphatic carbocycles. The van der Waals surface area contributed by atoms with E-state index in [9.17, 15) is 9.59 Å². The van der Waals surface area contributed by atoms with Gasteiger partial charge in [-0.2, -0.15) is 0 Å². The van der Waals surface area contributed by atoms with Crippen molar-refractivity contribution in [2.45, 2.75) is 20.8 Å². The van der Waals surface area contributed by atoms with E-state index in [1.807, 2.05) is 13.8 Å². The molecule has 2 heterocycles. The topological polar surface area (TPSA) is 72.3 Å². The van der Waals surface area contributed by atoms with Gasteiger partial charge in [0, 0.05) is 28.0 Å². The number of benzene rings is 1. The molecule has 0 fully saturated rings. The van der Waals surface area contributed by atoms with Gasteiger partial charge in [0.2, 0.25) is 0 Å². The first-order valence-electron chi connectivity index (χ1n) is 6.75. The summed E-state index contributed by atoms with van der Waals surface area (Å²) in [7, 11) is 0. The van der Waals surface area contributed by atoms with Crippen LogP contribution in [0.1, 0.15) is 28.5 Å². The lowest BCUT2D eigenvalue weighted by atomic mass is 10.0. The van der Waals surface area contributed by atoms with Crippen molar-refractivity contribution in [3.05, 3.63) is 45.4 Å². The third-order valence-corrected chi connectivity index (χ3v) is 3.53. The molecular weight excluding hydrogens is 270 g/mol. The summed E-state index contributed by atoms with van der Waals surface area (Å²) in [4.78, 5) is 26.9. The van der Waals surface area contributed by atoms with E-state index >= 15 is 0 Å². The highest BCUT2D eigenvalue weighted by atomic mass is 16.5. The number of carbonyl (C=O) groups is 1. The number of rotatable bonds is 2. The second-order valence-corrected chi connectivity index (χ2v) is 4.96. The minimum absolute atomic E-state index is 0.309. The quantitative estimate of drug-likeness (QED) is 0.580. The van der Waals surface area contributed by atoms with Crippen LogP contribution < -0.4 is 5.63 Å². The van der Waals surface area contributed by atoms with Gasteiger partial charge in [0.1, 0.15) is 5.58 Å². The number of aromatic nitrogens is 1. The molecule has 1 aromatic carbocycles. The van der Waals surface area contributed by atoms with Crippen LogP contribution in [0.3, 0.4) is 0 Å². The molecule has 5 nitrogen and oxygen atoms in total. The van der Waals surface area contributed by atoms with Crippen molar-refractivity contribution in [3.63, 3.8) is 0 Å². The van der Waals surface area contributed by atoms with Crippen molar-refractivity contribution in [1.82, 2.24) is 4.98 Å². The lowest BCUT2D eigenvalue weighted by Crippen LogP contribution is -2.06. The molecule has 0 radical (unpaired) electrons. The SMILES string of the molecule is CCOC(=O)c1c(C)[nH]c2ccc3oc(=O)cc(C)c3c12. The summed E-state index contributed by atoms with van der Waals surface area (Å²) in [6.45, 7) is 5.73. The van der Waals surface area contributed by atoms with Crippen LogP contribution in [0.15, 0.2) is 27.4 Å². The van der Waals surface area contributed by atoms with Gasteiger partial charge in [-0.25, -0.2) is 9.59 Å². The Bertz CT molecular complexity index is 917. The molecule has 3 rings (SSSR count). The molecule has 21 heavy (non-hydrogen) atoms. The van der Waals surface area contributed by atoms with Gasteiger partial charge >= 0.3 is 11.6 Å². The molecule has 0 unspecified atom stereocenters. The number of hydrogen-bond donors (Lipinski definition) is 1. The number of aromatic amines is 1. The fourth-order valence-electron chi connectivity index (χ4n) is 2.72. The second-order valence-electron chi connectivity index (χ2n) is 4.96. The molecule has 0 atom stereocenters. The predicted octanol–water partition coefficient (Wildman–Crippen LogP) is 3.07. The molecule has 5 heteroatoms. The van der Waals surface area contributed by atoms with Gasteiger partial charge in [-0.1, -0.05) is 0 Å².